The van der Waals surface area contributed by atoms with Gasteiger partial charge in [-0.3, -0.25) is 9.59 Å². The molecule has 3 rings (SSSR count). The molecule has 1 amide bonds. The standard InChI is InChI=1S/C18H23N3O3/c1-12-6-2-5-9-15(12)24-11-10-19-18(23)16-20-14-8-4-3-7-13(14)17(22)21-16/h3-4,7-8,12,15H,2,5-6,9-11H2,1H3,(H,19,23)(H,20,21,22). The molecule has 0 saturated heterocycles. The van der Waals surface area contributed by atoms with Gasteiger partial charge in [-0.05, 0) is 30.9 Å². The smallest absolute Gasteiger partial charge is 0.287 e. The molecule has 0 radical (unpaired) electrons. The van der Waals surface area contributed by atoms with E-state index >= 15 is 0 Å². The lowest BCUT2D eigenvalue weighted by Crippen LogP contribution is -2.33. The molecule has 2 N–H and O–H groups in total. The van der Waals surface area contributed by atoms with Gasteiger partial charge in [-0.25, -0.2) is 4.98 Å². The van der Waals surface area contributed by atoms with Crippen LogP contribution in [0.5, 0.6) is 0 Å². The summed E-state index contributed by atoms with van der Waals surface area (Å²) in [5.74, 6) is 0.218. The summed E-state index contributed by atoms with van der Waals surface area (Å²) >= 11 is 0. The minimum absolute atomic E-state index is 0.0322. The van der Waals surface area contributed by atoms with E-state index in [0.29, 0.717) is 30.0 Å². The van der Waals surface area contributed by atoms with Crippen LogP contribution < -0.4 is 10.9 Å². The Hall–Kier alpha value is -2.21. The molecule has 1 saturated carbocycles. The molecule has 1 aliphatic carbocycles. The van der Waals surface area contributed by atoms with Crippen molar-refractivity contribution in [1.82, 2.24) is 15.3 Å². The highest BCUT2D eigenvalue weighted by Gasteiger charge is 2.21. The summed E-state index contributed by atoms with van der Waals surface area (Å²) in [4.78, 5) is 30.9. The molecule has 0 bridgehead atoms. The maximum Gasteiger partial charge on any atom is 0.287 e. The lowest BCUT2D eigenvalue weighted by atomic mass is 9.88. The Morgan fingerprint density at radius 3 is 2.96 bits per heavy atom. The summed E-state index contributed by atoms with van der Waals surface area (Å²) in [5, 5.41) is 3.22. The quantitative estimate of drug-likeness (QED) is 0.824. The van der Waals surface area contributed by atoms with E-state index in [4.69, 9.17) is 4.74 Å². The summed E-state index contributed by atoms with van der Waals surface area (Å²) in [5.41, 5.74) is 0.205. The minimum atomic E-state index is -0.391. The summed E-state index contributed by atoms with van der Waals surface area (Å²) in [6.45, 7) is 3.09. The number of amides is 1. The van der Waals surface area contributed by atoms with Crippen LogP contribution in [0.1, 0.15) is 43.2 Å². The SMILES string of the molecule is CC1CCCCC1OCCNC(=O)c1nc2ccccc2c(=O)[nH]1. The number of carbonyl (C=O) groups is 1. The summed E-state index contributed by atoms with van der Waals surface area (Å²) in [7, 11) is 0. The third kappa shape index (κ3) is 3.82. The van der Waals surface area contributed by atoms with Gasteiger partial charge in [0.25, 0.3) is 11.5 Å². The number of hydrogen-bond acceptors (Lipinski definition) is 4. The number of nitrogens with zero attached hydrogens (tertiary/aromatic N) is 1. The van der Waals surface area contributed by atoms with Gasteiger partial charge in [0.2, 0.25) is 0 Å². The fraction of sp³-hybridized carbons (Fsp3) is 0.500. The normalized spacial score (nSPS) is 20.9. The average molecular weight is 329 g/mol. The second-order valence-electron chi connectivity index (χ2n) is 6.36. The van der Waals surface area contributed by atoms with Gasteiger partial charge in [-0.1, -0.05) is 31.9 Å². The van der Waals surface area contributed by atoms with E-state index < -0.39 is 5.91 Å². The van der Waals surface area contributed by atoms with E-state index in [9.17, 15) is 9.59 Å². The van der Waals surface area contributed by atoms with Gasteiger partial charge in [-0.2, -0.15) is 0 Å². The van der Waals surface area contributed by atoms with Crippen molar-refractivity contribution in [2.24, 2.45) is 5.92 Å². The van der Waals surface area contributed by atoms with Crippen LogP contribution in [0.25, 0.3) is 10.9 Å². The number of carbonyl (C=O) groups excluding carboxylic acids is 1. The zero-order valence-electron chi connectivity index (χ0n) is 13.9. The number of para-hydroxylation sites is 1. The summed E-state index contributed by atoms with van der Waals surface area (Å²) < 4.78 is 5.87. The number of aromatic nitrogens is 2. The lowest BCUT2D eigenvalue weighted by molar-refractivity contribution is -0.00296. The molecule has 1 aromatic carbocycles. The van der Waals surface area contributed by atoms with Crippen LogP contribution in [0.4, 0.5) is 0 Å². The van der Waals surface area contributed by atoms with E-state index in [-0.39, 0.29) is 17.5 Å². The highest BCUT2D eigenvalue weighted by atomic mass is 16.5. The summed E-state index contributed by atoms with van der Waals surface area (Å²) in [6.07, 6.45) is 5.07. The predicted molar refractivity (Wildman–Crippen MR) is 92.1 cm³/mol. The Balaban J connectivity index is 1.54. The van der Waals surface area contributed by atoms with Crippen molar-refractivity contribution in [3.63, 3.8) is 0 Å². The van der Waals surface area contributed by atoms with Gasteiger partial charge in [0.05, 0.1) is 23.6 Å². The maximum atomic E-state index is 12.2. The molecule has 6 nitrogen and oxygen atoms in total. The van der Waals surface area contributed by atoms with E-state index in [2.05, 4.69) is 22.2 Å². The second-order valence-corrected chi connectivity index (χ2v) is 6.36. The molecule has 2 atom stereocenters. The van der Waals surface area contributed by atoms with E-state index in [1.165, 1.54) is 19.3 Å². The van der Waals surface area contributed by atoms with Crippen molar-refractivity contribution in [2.45, 2.75) is 38.7 Å². The Morgan fingerprint density at radius 1 is 1.33 bits per heavy atom. The molecule has 0 spiro atoms. The zero-order chi connectivity index (χ0) is 16.9. The monoisotopic (exact) mass is 329 g/mol. The number of H-pyrrole nitrogens is 1. The number of nitrogens with one attached hydrogen (secondary N) is 2. The van der Waals surface area contributed by atoms with E-state index in [1.54, 1.807) is 24.3 Å². The molecule has 1 heterocycles. The van der Waals surface area contributed by atoms with Crippen LogP contribution in [0.3, 0.4) is 0 Å². The van der Waals surface area contributed by atoms with Crippen molar-refractivity contribution in [3.8, 4) is 0 Å². The average Bonchev–Trinajstić information content (AvgIpc) is 2.60. The first-order valence-corrected chi connectivity index (χ1v) is 8.54. The zero-order valence-corrected chi connectivity index (χ0v) is 13.9. The summed E-state index contributed by atoms with van der Waals surface area (Å²) in [6, 6.07) is 6.95. The number of hydrogen-bond donors (Lipinski definition) is 2. The second kappa shape index (κ2) is 7.57. The Morgan fingerprint density at radius 2 is 2.12 bits per heavy atom. The van der Waals surface area contributed by atoms with E-state index in [0.717, 1.165) is 6.42 Å². The molecular weight excluding hydrogens is 306 g/mol. The van der Waals surface area contributed by atoms with Crippen molar-refractivity contribution in [1.29, 1.82) is 0 Å². The third-order valence-electron chi connectivity index (χ3n) is 4.58. The van der Waals surface area contributed by atoms with Crippen molar-refractivity contribution in [2.75, 3.05) is 13.2 Å². The Bertz CT molecular complexity index is 771. The van der Waals surface area contributed by atoms with Gasteiger partial charge in [-0.15, -0.1) is 0 Å². The maximum absolute atomic E-state index is 12.2. The van der Waals surface area contributed by atoms with Crippen LogP contribution in [0.15, 0.2) is 29.1 Å². The predicted octanol–water partition coefficient (Wildman–Crippen LogP) is 2.25. The molecule has 24 heavy (non-hydrogen) atoms. The fourth-order valence-electron chi connectivity index (χ4n) is 3.18. The number of benzene rings is 1. The minimum Gasteiger partial charge on any atom is -0.376 e. The number of ether oxygens (including phenoxy) is 1. The van der Waals surface area contributed by atoms with Crippen molar-refractivity contribution >= 4 is 16.8 Å². The highest BCUT2D eigenvalue weighted by Crippen LogP contribution is 2.25. The largest absolute Gasteiger partial charge is 0.376 e. The highest BCUT2D eigenvalue weighted by molar-refractivity contribution is 5.92. The first kappa shape index (κ1) is 16.6. The van der Waals surface area contributed by atoms with Gasteiger partial charge in [0.15, 0.2) is 5.82 Å². The number of fused-ring (bicyclic) bond motifs is 1. The molecular formula is C18H23N3O3. The van der Waals surface area contributed by atoms with Crippen LogP contribution >= 0.6 is 0 Å². The van der Waals surface area contributed by atoms with Crippen molar-refractivity contribution < 1.29 is 9.53 Å². The van der Waals surface area contributed by atoms with Crippen LogP contribution in [-0.2, 0) is 4.74 Å². The lowest BCUT2D eigenvalue weighted by Gasteiger charge is -2.28. The van der Waals surface area contributed by atoms with Gasteiger partial charge in [0, 0.05) is 6.54 Å². The van der Waals surface area contributed by atoms with Crippen molar-refractivity contribution in [3.05, 3.63) is 40.4 Å². The molecule has 1 aromatic heterocycles. The van der Waals surface area contributed by atoms with Gasteiger partial charge < -0.3 is 15.0 Å². The molecule has 2 unspecified atom stereocenters. The van der Waals surface area contributed by atoms with Crippen LogP contribution in [0, 0.1) is 5.92 Å². The molecule has 128 valence electrons. The first-order chi connectivity index (χ1) is 11.6. The van der Waals surface area contributed by atoms with Crippen LogP contribution in [0.2, 0.25) is 0 Å². The molecule has 1 fully saturated rings. The number of aromatic amines is 1. The van der Waals surface area contributed by atoms with Crippen LogP contribution in [-0.4, -0.2) is 35.1 Å². The molecule has 0 aliphatic heterocycles. The third-order valence-corrected chi connectivity index (χ3v) is 4.58. The molecule has 2 aromatic rings. The van der Waals surface area contributed by atoms with Gasteiger partial charge >= 0.3 is 0 Å². The fourth-order valence-corrected chi connectivity index (χ4v) is 3.18. The van der Waals surface area contributed by atoms with E-state index in [1.807, 2.05) is 0 Å². The Labute approximate surface area is 140 Å². The molecule has 1 aliphatic rings. The molecule has 6 heteroatoms. The Kier molecular flexibility index (Phi) is 5.25. The van der Waals surface area contributed by atoms with Gasteiger partial charge in [0.1, 0.15) is 0 Å². The first-order valence-electron chi connectivity index (χ1n) is 8.54. The topological polar surface area (TPSA) is 84.1 Å². The number of rotatable bonds is 5.